The zero-order valence-electron chi connectivity index (χ0n) is 11.5. The molecule has 0 aliphatic heterocycles. The van der Waals surface area contributed by atoms with E-state index in [4.69, 9.17) is 12.2 Å². The zero-order valence-corrected chi connectivity index (χ0v) is 12.3. The normalized spacial score (nSPS) is 21.7. The van der Waals surface area contributed by atoms with E-state index in [1.54, 1.807) is 0 Å². The van der Waals surface area contributed by atoms with E-state index in [9.17, 15) is 0 Å². The molecular weight excluding hydrogens is 254 g/mol. The van der Waals surface area contributed by atoms with Crippen molar-refractivity contribution in [3.05, 3.63) is 16.5 Å². The minimum atomic E-state index is 0.584. The fourth-order valence-electron chi connectivity index (χ4n) is 3.41. The van der Waals surface area contributed by atoms with Crippen LogP contribution in [0.1, 0.15) is 69.5 Å². The van der Waals surface area contributed by atoms with Crippen LogP contribution < -0.4 is 5.32 Å². The van der Waals surface area contributed by atoms with E-state index in [0.717, 1.165) is 16.3 Å². The Bertz CT molecular complexity index is 471. The Balaban J connectivity index is 1.76. The van der Waals surface area contributed by atoms with Gasteiger partial charge in [-0.05, 0) is 25.7 Å². The van der Waals surface area contributed by atoms with Gasteiger partial charge in [-0.15, -0.1) is 0 Å². The average Bonchev–Trinajstić information content (AvgIpc) is 2.92. The second-order valence-corrected chi connectivity index (χ2v) is 6.40. The third kappa shape index (κ3) is 3.35. The Hall–Kier alpha value is -0.900. The van der Waals surface area contributed by atoms with E-state index in [0.29, 0.717) is 12.0 Å². The van der Waals surface area contributed by atoms with Gasteiger partial charge < -0.3 is 10.3 Å². The molecule has 4 heteroatoms. The molecule has 1 aromatic rings. The number of nitrogens with zero attached hydrogens (tertiary/aromatic N) is 1. The predicted octanol–water partition coefficient (Wildman–Crippen LogP) is 4.54. The van der Waals surface area contributed by atoms with Gasteiger partial charge in [-0.2, -0.15) is 0 Å². The minimum absolute atomic E-state index is 0.584. The molecule has 2 aliphatic carbocycles. The highest BCUT2D eigenvalue weighted by Crippen LogP contribution is 2.31. The Morgan fingerprint density at radius 1 is 1.05 bits per heavy atom. The highest BCUT2D eigenvalue weighted by atomic mass is 32.1. The molecule has 2 aliphatic rings. The summed E-state index contributed by atoms with van der Waals surface area (Å²) in [7, 11) is 0. The number of hydrogen-bond acceptors (Lipinski definition) is 3. The van der Waals surface area contributed by atoms with Crippen molar-refractivity contribution < 1.29 is 0 Å². The molecule has 2 N–H and O–H groups in total. The Morgan fingerprint density at radius 3 is 2.47 bits per heavy atom. The lowest BCUT2D eigenvalue weighted by atomic mass is 9.89. The van der Waals surface area contributed by atoms with Crippen molar-refractivity contribution in [3.63, 3.8) is 0 Å². The van der Waals surface area contributed by atoms with Crippen molar-refractivity contribution in [2.24, 2.45) is 0 Å². The van der Waals surface area contributed by atoms with Gasteiger partial charge in [0.2, 0.25) is 0 Å². The lowest BCUT2D eigenvalue weighted by Gasteiger charge is -2.22. The van der Waals surface area contributed by atoms with Gasteiger partial charge in [0.05, 0.1) is 0 Å². The topological polar surface area (TPSA) is 40.7 Å². The number of anilines is 1. The van der Waals surface area contributed by atoms with Gasteiger partial charge >= 0.3 is 0 Å². The maximum absolute atomic E-state index is 5.33. The number of H-pyrrole nitrogens is 1. The van der Waals surface area contributed by atoms with Crippen LogP contribution in [0.25, 0.3) is 0 Å². The van der Waals surface area contributed by atoms with Gasteiger partial charge in [-0.1, -0.05) is 44.3 Å². The SMILES string of the molecule is S=c1cc(NC2CCCC2)[nH]c(C2CCCCC2)n1. The smallest absolute Gasteiger partial charge is 0.131 e. The number of rotatable bonds is 3. The van der Waals surface area contributed by atoms with E-state index in [1.165, 1.54) is 57.8 Å². The lowest BCUT2D eigenvalue weighted by Crippen LogP contribution is -2.17. The van der Waals surface area contributed by atoms with Gasteiger partial charge in [-0.25, -0.2) is 4.98 Å². The first-order chi connectivity index (χ1) is 9.31. The predicted molar refractivity (Wildman–Crippen MR) is 81.1 cm³/mol. The molecule has 0 radical (unpaired) electrons. The summed E-state index contributed by atoms with van der Waals surface area (Å²) in [5.41, 5.74) is 0. The summed E-state index contributed by atoms with van der Waals surface area (Å²) in [5.74, 6) is 2.76. The number of nitrogens with one attached hydrogen (secondary N) is 2. The highest BCUT2D eigenvalue weighted by Gasteiger charge is 2.19. The van der Waals surface area contributed by atoms with Gasteiger partial charge in [0.1, 0.15) is 16.3 Å². The molecule has 3 nitrogen and oxygen atoms in total. The number of hydrogen-bond donors (Lipinski definition) is 2. The Kier molecular flexibility index (Phi) is 4.16. The van der Waals surface area contributed by atoms with Gasteiger partial charge in [-0.3, -0.25) is 0 Å². The van der Waals surface area contributed by atoms with E-state index < -0.39 is 0 Å². The Labute approximate surface area is 120 Å². The van der Waals surface area contributed by atoms with Crippen molar-refractivity contribution in [2.45, 2.75) is 69.7 Å². The monoisotopic (exact) mass is 277 g/mol. The average molecular weight is 277 g/mol. The summed E-state index contributed by atoms with van der Waals surface area (Å²) in [4.78, 5) is 8.04. The van der Waals surface area contributed by atoms with Crippen molar-refractivity contribution in [1.29, 1.82) is 0 Å². The quantitative estimate of drug-likeness (QED) is 0.797. The van der Waals surface area contributed by atoms with E-state index in [1.807, 2.05) is 6.07 Å². The second kappa shape index (κ2) is 6.04. The molecule has 0 saturated heterocycles. The summed E-state index contributed by atoms with van der Waals surface area (Å²) >= 11 is 5.33. The van der Waals surface area contributed by atoms with Crippen molar-refractivity contribution >= 4 is 18.0 Å². The molecule has 0 bridgehead atoms. The van der Waals surface area contributed by atoms with Crippen LogP contribution in [0.3, 0.4) is 0 Å². The standard InChI is InChI=1S/C15H23N3S/c19-14-10-13(16-12-8-4-5-9-12)17-15(18-14)11-6-2-1-3-7-11/h10-12H,1-9H2,(H2,16,17,18,19). The molecule has 1 heterocycles. The molecule has 19 heavy (non-hydrogen) atoms. The van der Waals surface area contributed by atoms with Crippen LogP contribution in [0.5, 0.6) is 0 Å². The Morgan fingerprint density at radius 2 is 1.74 bits per heavy atom. The summed E-state index contributed by atoms with van der Waals surface area (Å²) in [5, 5.41) is 3.60. The first-order valence-electron chi connectivity index (χ1n) is 7.69. The molecule has 0 spiro atoms. The third-order valence-corrected chi connectivity index (χ3v) is 4.68. The van der Waals surface area contributed by atoms with Crippen LogP contribution in [0.2, 0.25) is 0 Å². The second-order valence-electron chi connectivity index (χ2n) is 5.98. The number of aromatic nitrogens is 2. The molecule has 0 atom stereocenters. The molecule has 0 unspecified atom stereocenters. The maximum Gasteiger partial charge on any atom is 0.131 e. The molecule has 1 aromatic heterocycles. The van der Waals surface area contributed by atoms with E-state index >= 15 is 0 Å². The van der Waals surface area contributed by atoms with Gasteiger partial charge in [0.25, 0.3) is 0 Å². The maximum atomic E-state index is 5.33. The number of aromatic amines is 1. The summed E-state index contributed by atoms with van der Waals surface area (Å²) in [6, 6.07) is 2.59. The van der Waals surface area contributed by atoms with E-state index in [-0.39, 0.29) is 0 Å². The molecule has 2 fully saturated rings. The molecule has 2 saturated carbocycles. The van der Waals surface area contributed by atoms with Crippen LogP contribution in [0.15, 0.2) is 6.07 Å². The molecule has 3 rings (SSSR count). The minimum Gasteiger partial charge on any atom is -0.369 e. The first kappa shape index (κ1) is 13.1. The van der Waals surface area contributed by atoms with E-state index in [2.05, 4.69) is 15.3 Å². The summed E-state index contributed by atoms with van der Waals surface area (Å²) in [6.07, 6.45) is 11.8. The fourth-order valence-corrected chi connectivity index (χ4v) is 3.63. The first-order valence-corrected chi connectivity index (χ1v) is 8.10. The largest absolute Gasteiger partial charge is 0.369 e. The zero-order chi connectivity index (χ0) is 13.1. The van der Waals surface area contributed by atoms with Gasteiger partial charge in [0, 0.05) is 18.0 Å². The van der Waals surface area contributed by atoms with Crippen LogP contribution in [-0.4, -0.2) is 16.0 Å². The fraction of sp³-hybridized carbons (Fsp3) is 0.733. The summed E-state index contributed by atoms with van der Waals surface area (Å²) in [6.45, 7) is 0. The van der Waals surface area contributed by atoms with Crippen LogP contribution in [-0.2, 0) is 0 Å². The van der Waals surface area contributed by atoms with Crippen LogP contribution >= 0.6 is 12.2 Å². The van der Waals surface area contributed by atoms with Gasteiger partial charge in [0.15, 0.2) is 0 Å². The third-order valence-electron chi connectivity index (χ3n) is 4.47. The molecule has 0 aromatic carbocycles. The summed E-state index contributed by atoms with van der Waals surface area (Å²) < 4.78 is 0.722. The van der Waals surface area contributed by atoms with Crippen LogP contribution in [0.4, 0.5) is 5.82 Å². The molecule has 104 valence electrons. The highest BCUT2D eigenvalue weighted by molar-refractivity contribution is 7.71. The van der Waals surface area contributed by atoms with Crippen molar-refractivity contribution in [1.82, 2.24) is 9.97 Å². The lowest BCUT2D eigenvalue weighted by molar-refractivity contribution is 0.428. The molecular formula is C15H23N3S. The van der Waals surface area contributed by atoms with Crippen molar-refractivity contribution in [2.75, 3.05) is 5.32 Å². The van der Waals surface area contributed by atoms with Crippen LogP contribution in [0, 0.1) is 4.64 Å². The van der Waals surface area contributed by atoms with Crippen molar-refractivity contribution in [3.8, 4) is 0 Å². The molecule has 0 amide bonds.